The van der Waals surface area contributed by atoms with Crippen molar-refractivity contribution in [3.63, 3.8) is 0 Å². The predicted molar refractivity (Wildman–Crippen MR) is 74.7 cm³/mol. The maximum absolute atomic E-state index is 13.7. The molecule has 0 radical (unpaired) electrons. The Hall–Kier alpha value is -1.20. The van der Waals surface area contributed by atoms with E-state index in [1.165, 1.54) is 30.3 Å². The number of hydrogen-bond acceptors (Lipinski definition) is 1. The molecule has 0 saturated heterocycles. The van der Waals surface area contributed by atoms with Gasteiger partial charge in [0.05, 0.1) is 5.02 Å². The fourth-order valence-corrected chi connectivity index (χ4v) is 2.14. The summed E-state index contributed by atoms with van der Waals surface area (Å²) in [7, 11) is 0. The van der Waals surface area contributed by atoms with Crippen LogP contribution in [0.5, 0.6) is 5.75 Å². The number of benzene rings is 2. The number of ether oxygens (including phenoxy) is 1. The molecule has 0 bridgehead atoms. The summed E-state index contributed by atoms with van der Waals surface area (Å²) >= 11 is 8.85. The molecule has 20 heavy (non-hydrogen) atoms. The highest BCUT2D eigenvalue weighted by molar-refractivity contribution is 9.08. The molecule has 0 fully saturated rings. The quantitative estimate of drug-likeness (QED) is 0.674. The predicted octanol–water partition coefficient (Wildman–Crippen LogP) is 5.23. The Labute approximate surface area is 127 Å². The van der Waals surface area contributed by atoms with Crippen LogP contribution in [0.4, 0.5) is 13.2 Å². The first-order chi connectivity index (χ1) is 9.52. The van der Waals surface area contributed by atoms with E-state index < -0.39 is 23.2 Å². The van der Waals surface area contributed by atoms with Gasteiger partial charge in [0, 0.05) is 10.9 Å². The van der Waals surface area contributed by atoms with Gasteiger partial charge in [-0.05, 0) is 23.8 Å². The summed E-state index contributed by atoms with van der Waals surface area (Å²) in [5.41, 5.74) is 0.770. The molecule has 0 heterocycles. The second-order valence-electron chi connectivity index (χ2n) is 4.02. The Balaban J connectivity index is 2.21. The van der Waals surface area contributed by atoms with Crippen molar-refractivity contribution in [3.05, 3.63) is 63.9 Å². The fraction of sp³-hybridized carbons (Fsp3) is 0.143. The fourth-order valence-electron chi connectivity index (χ4n) is 1.64. The number of alkyl halides is 1. The molecule has 2 aromatic carbocycles. The third kappa shape index (κ3) is 3.27. The van der Waals surface area contributed by atoms with Crippen LogP contribution in [0.2, 0.25) is 5.02 Å². The Morgan fingerprint density at radius 3 is 2.30 bits per heavy atom. The lowest BCUT2D eigenvalue weighted by Gasteiger charge is -2.10. The van der Waals surface area contributed by atoms with E-state index in [1.54, 1.807) is 0 Å². The monoisotopic (exact) mass is 364 g/mol. The molecular weight excluding hydrogens is 357 g/mol. The van der Waals surface area contributed by atoms with E-state index in [-0.39, 0.29) is 11.6 Å². The van der Waals surface area contributed by atoms with Gasteiger partial charge in [-0.2, -0.15) is 0 Å². The molecule has 2 rings (SSSR count). The first-order valence-corrected chi connectivity index (χ1v) is 7.12. The molecule has 0 aromatic heterocycles. The van der Waals surface area contributed by atoms with E-state index in [9.17, 15) is 13.2 Å². The standard InChI is InChI=1S/C14H9BrClF3O/c15-6-8-4-11(18)14(12(19)5-8)20-7-9-2-1-3-10(17)13(9)16/h1-5H,6-7H2. The van der Waals surface area contributed by atoms with Gasteiger partial charge in [0.1, 0.15) is 12.4 Å². The van der Waals surface area contributed by atoms with Crippen LogP contribution in [0.3, 0.4) is 0 Å². The Kier molecular flexibility index (Phi) is 4.94. The van der Waals surface area contributed by atoms with Gasteiger partial charge in [-0.3, -0.25) is 0 Å². The highest BCUT2D eigenvalue weighted by atomic mass is 79.9. The number of rotatable bonds is 4. The summed E-state index contributed by atoms with van der Waals surface area (Å²) in [6.07, 6.45) is 0. The Bertz CT molecular complexity index is 611. The molecule has 6 heteroatoms. The van der Waals surface area contributed by atoms with Crippen molar-refractivity contribution in [1.82, 2.24) is 0 Å². The topological polar surface area (TPSA) is 9.23 Å². The average Bonchev–Trinajstić information content (AvgIpc) is 2.42. The van der Waals surface area contributed by atoms with Crippen LogP contribution in [0.15, 0.2) is 30.3 Å². The van der Waals surface area contributed by atoms with E-state index in [0.717, 1.165) is 0 Å². The number of hydrogen-bond donors (Lipinski definition) is 0. The van der Waals surface area contributed by atoms with Crippen molar-refractivity contribution in [3.8, 4) is 5.75 Å². The van der Waals surface area contributed by atoms with Crippen LogP contribution in [0, 0.1) is 17.5 Å². The van der Waals surface area contributed by atoms with Crippen molar-refractivity contribution in [1.29, 1.82) is 0 Å². The van der Waals surface area contributed by atoms with Gasteiger partial charge in [-0.1, -0.05) is 39.7 Å². The molecule has 0 aliphatic carbocycles. The first-order valence-electron chi connectivity index (χ1n) is 5.62. The molecule has 0 aliphatic rings. The second kappa shape index (κ2) is 6.50. The van der Waals surface area contributed by atoms with Gasteiger partial charge in [-0.15, -0.1) is 0 Å². The van der Waals surface area contributed by atoms with Crippen LogP contribution >= 0.6 is 27.5 Å². The molecule has 0 spiro atoms. The lowest BCUT2D eigenvalue weighted by Crippen LogP contribution is -2.02. The molecule has 1 nitrogen and oxygen atoms in total. The van der Waals surface area contributed by atoms with E-state index >= 15 is 0 Å². The molecule has 0 amide bonds. The summed E-state index contributed by atoms with van der Waals surface area (Å²) in [4.78, 5) is 0. The zero-order valence-corrected chi connectivity index (χ0v) is 12.4. The SMILES string of the molecule is Fc1cccc(COc2c(F)cc(CBr)cc2F)c1Cl. The van der Waals surface area contributed by atoms with Crippen molar-refractivity contribution in [2.45, 2.75) is 11.9 Å². The molecule has 0 atom stereocenters. The third-order valence-corrected chi connectivity index (χ3v) is 3.69. The van der Waals surface area contributed by atoms with Crippen molar-refractivity contribution in [2.24, 2.45) is 0 Å². The van der Waals surface area contributed by atoms with E-state index in [2.05, 4.69) is 15.9 Å². The van der Waals surface area contributed by atoms with Gasteiger partial charge in [0.15, 0.2) is 17.4 Å². The smallest absolute Gasteiger partial charge is 0.191 e. The minimum absolute atomic E-state index is 0.120. The van der Waals surface area contributed by atoms with Crippen LogP contribution in [0.1, 0.15) is 11.1 Å². The summed E-state index contributed by atoms with van der Waals surface area (Å²) in [6.45, 7) is -0.224. The molecule has 2 aromatic rings. The van der Waals surface area contributed by atoms with Crippen LogP contribution in [0.25, 0.3) is 0 Å². The van der Waals surface area contributed by atoms with Gasteiger partial charge in [0.2, 0.25) is 0 Å². The van der Waals surface area contributed by atoms with Crippen LogP contribution in [-0.4, -0.2) is 0 Å². The Morgan fingerprint density at radius 2 is 1.70 bits per heavy atom. The minimum atomic E-state index is -0.813. The number of halogens is 5. The molecule has 106 valence electrons. The highest BCUT2D eigenvalue weighted by Gasteiger charge is 2.14. The molecule has 0 saturated carbocycles. The largest absolute Gasteiger partial charge is 0.483 e. The first kappa shape index (κ1) is 15.2. The lowest BCUT2D eigenvalue weighted by molar-refractivity contribution is 0.273. The van der Waals surface area contributed by atoms with Gasteiger partial charge in [0.25, 0.3) is 0 Å². The molecule has 0 aliphatic heterocycles. The molecule has 0 N–H and O–H groups in total. The van der Waals surface area contributed by atoms with Crippen molar-refractivity contribution < 1.29 is 17.9 Å². The van der Waals surface area contributed by atoms with E-state index in [1.807, 2.05) is 0 Å². The molecular formula is C14H9BrClF3O. The summed E-state index contributed by atoms with van der Waals surface area (Å²) in [5, 5.41) is 0.210. The third-order valence-electron chi connectivity index (χ3n) is 2.62. The zero-order valence-electron chi connectivity index (χ0n) is 10.1. The maximum atomic E-state index is 13.7. The summed E-state index contributed by atoms with van der Waals surface area (Å²) < 4.78 is 45.7. The van der Waals surface area contributed by atoms with Crippen LogP contribution < -0.4 is 4.74 Å². The minimum Gasteiger partial charge on any atom is -0.483 e. The average molecular weight is 366 g/mol. The van der Waals surface area contributed by atoms with Crippen LogP contribution in [-0.2, 0) is 11.9 Å². The summed E-state index contributed by atoms with van der Waals surface area (Å²) in [5.74, 6) is -2.74. The van der Waals surface area contributed by atoms with Crippen molar-refractivity contribution in [2.75, 3.05) is 0 Å². The van der Waals surface area contributed by atoms with Gasteiger partial charge < -0.3 is 4.74 Å². The van der Waals surface area contributed by atoms with E-state index in [0.29, 0.717) is 16.5 Å². The van der Waals surface area contributed by atoms with Crippen molar-refractivity contribution >= 4 is 27.5 Å². The van der Waals surface area contributed by atoms with Gasteiger partial charge in [-0.25, -0.2) is 13.2 Å². The maximum Gasteiger partial charge on any atom is 0.191 e. The molecule has 0 unspecified atom stereocenters. The zero-order chi connectivity index (χ0) is 14.7. The Morgan fingerprint density at radius 1 is 1.05 bits per heavy atom. The highest BCUT2D eigenvalue weighted by Crippen LogP contribution is 2.27. The second-order valence-corrected chi connectivity index (χ2v) is 4.96. The van der Waals surface area contributed by atoms with E-state index in [4.69, 9.17) is 16.3 Å². The lowest BCUT2D eigenvalue weighted by atomic mass is 10.2. The normalized spacial score (nSPS) is 10.7. The summed E-state index contributed by atoms with van der Waals surface area (Å²) in [6, 6.07) is 6.49. The van der Waals surface area contributed by atoms with Gasteiger partial charge >= 0.3 is 0 Å².